The van der Waals surface area contributed by atoms with E-state index in [2.05, 4.69) is 66.9 Å². The third-order valence-electron chi connectivity index (χ3n) is 5.68. The molecular formula is C26H29N3O2S. The molecule has 0 aliphatic carbocycles. The van der Waals surface area contributed by atoms with Gasteiger partial charge < -0.3 is 9.30 Å². The van der Waals surface area contributed by atoms with Gasteiger partial charge in [-0.1, -0.05) is 44.2 Å². The van der Waals surface area contributed by atoms with Gasteiger partial charge in [-0.3, -0.25) is 14.7 Å². The molecule has 0 radical (unpaired) electrons. The quantitative estimate of drug-likeness (QED) is 0.457. The maximum absolute atomic E-state index is 12.6. The van der Waals surface area contributed by atoms with E-state index in [0.717, 1.165) is 33.9 Å². The molecule has 0 bridgehead atoms. The number of likely N-dealkylation sites (N-methyl/N-ethyl adjacent to an activating group) is 1. The minimum atomic E-state index is -0.0172. The molecule has 6 heteroatoms. The van der Waals surface area contributed by atoms with Crippen LogP contribution in [0.15, 0.2) is 58.6 Å². The topological polar surface area (TPSA) is 46.8 Å². The molecule has 3 aromatic rings. The molecule has 0 atom stereocenters. The summed E-state index contributed by atoms with van der Waals surface area (Å²) in [6.07, 6.45) is 4.08. The zero-order valence-electron chi connectivity index (χ0n) is 19.3. The Kier molecular flexibility index (Phi) is 6.42. The molecule has 1 amide bonds. The number of aryl methyl sites for hydroxylation is 1. The van der Waals surface area contributed by atoms with E-state index < -0.39 is 0 Å². The fraction of sp³-hybridized carbons (Fsp3) is 0.308. The van der Waals surface area contributed by atoms with Crippen LogP contribution >= 0.6 is 11.8 Å². The molecule has 0 saturated carbocycles. The maximum Gasteiger partial charge on any atom is 0.266 e. The van der Waals surface area contributed by atoms with Crippen molar-refractivity contribution >= 4 is 39.8 Å². The Morgan fingerprint density at radius 1 is 1.19 bits per heavy atom. The molecular weight excluding hydrogens is 418 g/mol. The molecule has 32 heavy (non-hydrogen) atoms. The number of para-hydroxylation sites is 1. The zero-order valence-corrected chi connectivity index (χ0v) is 20.1. The fourth-order valence-electron chi connectivity index (χ4n) is 3.96. The number of amides is 1. The number of benzene rings is 2. The Balaban J connectivity index is 1.59. The van der Waals surface area contributed by atoms with Gasteiger partial charge in [-0.15, -0.1) is 0 Å². The van der Waals surface area contributed by atoms with Crippen molar-refractivity contribution in [1.29, 1.82) is 0 Å². The number of hydrogen-bond donors (Lipinski definition) is 0. The summed E-state index contributed by atoms with van der Waals surface area (Å²) in [6.45, 7) is 7.75. The van der Waals surface area contributed by atoms with Crippen LogP contribution in [0, 0.1) is 6.92 Å². The SMILES string of the molecule is CN=C1SC(=Cc2cn(CCOc3cc(C)ccc3C(C)C)c3ccccc23)C(=O)N1C. The summed E-state index contributed by atoms with van der Waals surface area (Å²) in [4.78, 5) is 19.1. The number of ether oxygens (including phenoxy) is 1. The number of amidine groups is 1. The lowest BCUT2D eigenvalue weighted by Gasteiger charge is -2.15. The highest BCUT2D eigenvalue weighted by Crippen LogP contribution is 2.33. The van der Waals surface area contributed by atoms with Crippen LogP contribution in [-0.4, -0.2) is 41.2 Å². The number of hydrogen-bond acceptors (Lipinski definition) is 4. The largest absolute Gasteiger partial charge is 0.491 e. The number of rotatable bonds is 6. The summed E-state index contributed by atoms with van der Waals surface area (Å²) in [5.41, 5.74) is 4.58. The third kappa shape index (κ3) is 4.32. The first-order valence-electron chi connectivity index (χ1n) is 10.8. The molecule has 1 aliphatic rings. The molecule has 166 valence electrons. The van der Waals surface area contributed by atoms with Gasteiger partial charge in [-0.25, -0.2) is 0 Å². The van der Waals surface area contributed by atoms with Gasteiger partial charge in [-0.05, 0) is 53.9 Å². The molecule has 2 heterocycles. The predicted octanol–water partition coefficient (Wildman–Crippen LogP) is 5.68. The Morgan fingerprint density at radius 3 is 2.69 bits per heavy atom. The molecule has 0 spiro atoms. The number of carbonyl (C=O) groups is 1. The smallest absolute Gasteiger partial charge is 0.266 e. The number of nitrogens with zero attached hydrogens (tertiary/aromatic N) is 3. The van der Waals surface area contributed by atoms with Gasteiger partial charge in [0.1, 0.15) is 12.4 Å². The molecule has 0 N–H and O–H groups in total. The van der Waals surface area contributed by atoms with E-state index in [-0.39, 0.29) is 5.91 Å². The van der Waals surface area contributed by atoms with Gasteiger partial charge in [0.05, 0.1) is 11.4 Å². The summed E-state index contributed by atoms with van der Waals surface area (Å²) in [5, 5.41) is 1.84. The van der Waals surface area contributed by atoms with E-state index in [1.54, 1.807) is 19.0 Å². The number of carbonyl (C=O) groups excluding carboxylic acids is 1. The summed E-state index contributed by atoms with van der Waals surface area (Å²) >= 11 is 1.41. The lowest BCUT2D eigenvalue weighted by atomic mass is 10.0. The normalized spacial score (nSPS) is 16.8. The number of aromatic nitrogens is 1. The van der Waals surface area contributed by atoms with E-state index in [9.17, 15) is 4.79 Å². The monoisotopic (exact) mass is 447 g/mol. The van der Waals surface area contributed by atoms with Crippen molar-refractivity contribution in [2.45, 2.75) is 33.2 Å². The van der Waals surface area contributed by atoms with Crippen molar-refractivity contribution in [2.75, 3.05) is 20.7 Å². The highest BCUT2D eigenvalue weighted by Gasteiger charge is 2.30. The zero-order chi connectivity index (χ0) is 22.8. The lowest BCUT2D eigenvalue weighted by Crippen LogP contribution is -2.23. The van der Waals surface area contributed by atoms with Crippen LogP contribution in [0.3, 0.4) is 0 Å². The van der Waals surface area contributed by atoms with Gasteiger partial charge in [-0.2, -0.15) is 0 Å². The van der Waals surface area contributed by atoms with Crippen molar-refractivity contribution in [2.24, 2.45) is 4.99 Å². The molecule has 0 unspecified atom stereocenters. The molecule has 1 aliphatic heterocycles. The summed E-state index contributed by atoms with van der Waals surface area (Å²) in [6, 6.07) is 14.7. The van der Waals surface area contributed by atoms with Crippen molar-refractivity contribution in [3.63, 3.8) is 0 Å². The first kappa shape index (κ1) is 22.2. The van der Waals surface area contributed by atoms with Gasteiger partial charge in [0.2, 0.25) is 0 Å². The summed E-state index contributed by atoms with van der Waals surface area (Å²) in [5.74, 6) is 1.35. The number of aliphatic imine (C=N–C) groups is 1. The van der Waals surface area contributed by atoms with Crippen molar-refractivity contribution in [3.05, 3.63) is 70.3 Å². The van der Waals surface area contributed by atoms with Gasteiger partial charge in [0.25, 0.3) is 5.91 Å². The minimum Gasteiger partial charge on any atom is -0.491 e. The molecule has 2 aromatic carbocycles. The Morgan fingerprint density at radius 2 is 1.97 bits per heavy atom. The highest BCUT2D eigenvalue weighted by molar-refractivity contribution is 8.18. The third-order valence-corrected chi connectivity index (χ3v) is 6.83. The summed E-state index contributed by atoms with van der Waals surface area (Å²) < 4.78 is 8.42. The van der Waals surface area contributed by atoms with E-state index in [0.29, 0.717) is 17.4 Å². The van der Waals surface area contributed by atoms with Crippen LogP contribution in [0.2, 0.25) is 0 Å². The highest BCUT2D eigenvalue weighted by atomic mass is 32.2. The predicted molar refractivity (Wildman–Crippen MR) is 134 cm³/mol. The Bertz CT molecular complexity index is 1220. The average Bonchev–Trinajstić information content (AvgIpc) is 3.26. The summed E-state index contributed by atoms with van der Waals surface area (Å²) in [7, 11) is 3.47. The van der Waals surface area contributed by atoms with Crippen LogP contribution in [0.1, 0.15) is 36.5 Å². The number of fused-ring (bicyclic) bond motifs is 1. The van der Waals surface area contributed by atoms with Crippen molar-refractivity contribution in [1.82, 2.24) is 9.47 Å². The number of thioether (sulfide) groups is 1. The van der Waals surface area contributed by atoms with Crippen LogP contribution in [0.25, 0.3) is 17.0 Å². The Hall–Kier alpha value is -2.99. The van der Waals surface area contributed by atoms with Crippen molar-refractivity contribution in [3.8, 4) is 5.75 Å². The standard InChI is InChI=1S/C26H29N3O2S/c1-17(2)20-11-10-18(3)14-23(20)31-13-12-29-16-19(21-8-6-7-9-22(21)29)15-24-25(30)28(5)26(27-4)32-24/h6-11,14-17H,12-13H2,1-5H3. The molecule has 4 rings (SSSR count). The van der Waals surface area contributed by atoms with Crippen LogP contribution in [0.5, 0.6) is 5.75 Å². The van der Waals surface area contributed by atoms with Gasteiger partial charge in [0.15, 0.2) is 5.17 Å². The van der Waals surface area contributed by atoms with Gasteiger partial charge in [0, 0.05) is 36.8 Å². The fourth-order valence-corrected chi connectivity index (χ4v) is 4.88. The molecule has 5 nitrogen and oxygen atoms in total. The Labute approximate surface area is 193 Å². The van der Waals surface area contributed by atoms with Crippen LogP contribution in [0.4, 0.5) is 0 Å². The van der Waals surface area contributed by atoms with Crippen LogP contribution < -0.4 is 4.74 Å². The second-order valence-corrected chi connectivity index (χ2v) is 9.33. The van der Waals surface area contributed by atoms with E-state index in [1.165, 1.54) is 22.9 Å². The minimum absolute atomic E-state index is 0.0172. The maximum atomic E-state index is 12.6. The van der Waals surface area contributed by atoms with E-state index in [1.807, 2.05) is 18.2 Å². The average molecular weight is 448 g/mol. The first-order chi connectivity index (χ1) is 15.4. The molecule has 1 fully saturated rings. The first-order valence-corrected chi connectivity index (χ1v) is 11.7. The van der Waals surface area contributed by atoms with E-state index >= 15 is 0 Å². The molecule has 1 aromatic heterocycles. The van der Waals surface area contributed by atoms with E-state index in [4.69, 9.17) is 4.74 Å². The van der Waals surface area contributed by atoms with Gasteiger partial charge >= 0.3 is 0 Å². The lowest BCUT2D eigenvalue weighted by molar-refractivity contribution is -0.121. The second kappa shape index (κ2) is 9.25. The molecule has 1 saturated heterocycles. The van der Waals surface area contributed by atoms with Crippen molar-refractivity contribution < 1.29 is 9.53 Å². The van der Waals surface area contributed by atoms with Crippen LogP contribution in [-0.2, 0) is 11.3 Å². The second-order valence-electron chi connectivity index (χ2n) is 8.32.